The Bertz CT molecular complexity index is 1600. The van der Waals surface area contributed by atoms with Crippen molar-refractivity contribution < 1.29 is 23.9 Å². The summed E-state index contributed by atoms with van der Waals surface area (Å²) < 4.78 is 20.0. The molecule has 2 aromatic heterocycles. The average molecular weight is 589 g/mol. The Labute approximate surface area is 247 Å². The predicted octanol–water partition coefficient (Wildman–Crippen LogP) is 3.23. The molecule has 4 heterocycles. The van der Waals surface area contributed by atoms with Crippen LogP contribution in [0.3, 0.4) is 0 Å². The van der Waals surface area contributed by atoms with Gasteiger partial charge in [0.25, 0.3) is 11.8 Å². The number of nitrogens with zero attached hydrogens (tertiary/aromatic N) is 4. The molecule has 1 fully saturated rings. The molecule has 2 atom stereocenters. The van der Waals surface area contributed by atoms with Gasteiger partial charge in [0.05, 0.1) is 37.0 Å². The molecule has 11 nitrogen and oxygen atoms in total. The Morgan fingerprint density at radius 3 is 2.64 bits per heavy atom. The maximum Gasteiger partial charge on any atom is 0.275 e. The number of aryl methyl sites for hydroxylation is 1. The van der Waals surface area contributed by atoms with Crippen LogP contribution in [0.2, 0.25) is 0 Å². The van der Waals surface area contributed by atoms with Crippen molar-refractivity contribution in [2.24, 2.45) is 5.92 Å². The summed E-state index contributed by atoms with van der Waals surface area (Å²) in [4.78, 5) is 47.0. The summed E-state index contributed by atoms with van der Waals surface area (Å²) in [6, 6.07) is 15.2. The molecule has 0 radical (unpaired) electrons. The lowest BCUT2D eigenvalue weighted by molar-refractivity contribution is -0.124. The number of nitrogens with one attached hydrogen (secondary N) is 2. The number of aromatic amines is 1. The summed E-state index contributed by atoms with van der Waals surface area (Å²) in [5, 5.41) is 4.02. The third kappa shape index (κ3) is 5.41. The molecule has 0 saturated carbocycles. The molecule has 42 heavy (non-hydrogen) atoms. The standard InChI is InChI=1S/C30H32N6O5S/c1-18-27(34-42-33-18)30(39)35-11-5-10-31-28(37)22-17-36(29(38)24-14-20-6-3-4-7-23(20)32-24)16-21(22)19-8-9-25(40-2)26(15-19)41-13-12-35/h3-4,6-9,14-15,21-22,32H,5,10-13,16-17H2,1-2H3,(H,31,37)/t21-,22+/m1/s1. The zero-order valence-corrected chi connectivity index (χ0v) is 24.3. The highest BCUT2D eigenvalue weighted by molar-refractivity contribution is 6.99. The van der Waals surface area contributed by atoms with Crippen molar-refractivity contribution in [3.63, 3.8) is 0 Å². The number of fused-ring (bicyclic) bond motifs is 5. The Morgan fingerprint density at radius 1 is 1.02 bits per heavy atom. The van der Waals surface area contributed by atoms with E-state index in [-0.39, 0.29) is 36.8 Å². The number of hydrogen-bond donors (Lipinski definition) is 2. The van der Waals surface area contributed by atoms with Crippen molar-refractivity contribution in [2.45, 2.75) is 19.3 Å². The minimum Gasteiger partial charge on any atom is -0.493 e. The summed E-state index contributed by atoms with van der Waals surface area (Å²) in [6.45, 7) is 3.82. The van der Waals surface area contributed by atoms with E-state index < -0.39 is 5.92 Å². The minimum atomic E-state index is -0.455. The first-order chi connectivity index (χ1) is 20.4. The molecule has 0 spiro atoms. The highest BCUT2D eigenvalue weighted by Crippen LogP contribution is 2.38. The molecule has 1 saturated heterocycles. The highest BCUT2D eigenvalue weighted by atomic mass is 32.1. The number of hydrogen-bond acceptors (Lipinski definition) is 8. The van der Waals surface area contributed by atoms with E-state index in [0.717, 1.165) is 28.2 Å². The first kappa shape index (κ1) is 27.7. The smallest absolute Gasteiger partial charge is 0.275 e. The van der Waals surface area contributed by atoms with Crippen LogP contribution in [-0.4, -0.2) is 87.7 Å². The fourth-order valence-electron chi connectivity index (χ4n) is 5.74. The van der Waals surface area contributed by atoms with Crippen LogP contribution in [0.5, 0.6) is 11.5 Å². The van der Waals surface area contributed by atoms with E-state index in [0.29, 0.717) is 61.2 Å². The molecule has 0 aliphatic carbocycles. The number of H-pyrrole nitrogens is 1. The first-order valence-corrected chi connectivity index (χ1v) is 14.7. The van der Waals surface area contributed by atoms with Gasteiger partial charge in [-0.25, -0.2) is 0 Å². The van der Waals surface area contributed by atoms with Crippen LogP contribution >= 0.6 is 11.7 Å². The van der Waals surface area contributed by atoms with Crippen molar-refractivity contribution in [3.8, 4) is 11.5 Å². The molecule has 2 bridgehead atoms. The normalized spacial score (nSPS) is 19.5. The molecule has 2 aliphatic heterocycles. The van der Waals surface area contributed by atoms with Crippen LogP contribution in [0.1, 0.15) is 44.6 Å². The minimum absolute atomic E-state index is 0.125. The van der Waals surface area contributed by atoms with Gasteiger partial charge in [-0.2, -0.15) is 8.75 Å². The Balaban J connectivity index is 1.27. The van der Waals surface area contributed by atoms with Crippen molar-refractivity contribution in [3.05, 3.63) is 71.2 Å². The maximum absolute atomic E-state index is 13.6. The van der Waals surface area contributed by atoms with Gasteiger partial charge in [0, 0.05) is 43.0 Å². The van der Waals surface area contributed by atoms with E-state index in [1.54, 1.807) is 23.8 Å². The van der Waals surface area contributed by atoms with E-state index in [1.807, 2.05) is 48.5 Å². The van der Waals surface area contributed by atoms with Crippen molar-refractivity contribution in [1.29, 1.82) is 0 Å². The summed E-state index contributed by atoms with van der Waals surface area (Å²) in [5.74, 6) is -0.100. The van der Waals surface area contributed by atoms with Gasteiger partial charge in [0.15, 0.2) is 17.2 Å². The fourth-order valence-corrected chi connectivity index (χ4v) is 6.28. The third-order valence-corrected chi connectivity index (χ3v) is 8.60. The zero-order chi connectivity index (χ0) is 29.2. The van der Waals surface area contributed by atoms with E-state index in [9.17, 15) is 14.4 Å². The van der Waals surface area contributed by atoms with Gasteiger partial charge in [-0.1, -0.05) is 24.3 Å². The Morgan fingerprint density at radius 2 is 1.86 bits per heavy atom. The number of ether oxygens (including phenoxy) is 2. The molecule has 2 N–H and O–H groups in total. The molecular weight excluding hydrogens is 556 g/mol. The number of para-hydroxylation sites is 1. The van der Waals surface area contributed by atoms with E-state index in [4.69, 9.17) is 9.47 Å². The van der Waals surface area contributed by atoms with Crippen molar-refractivity contribution >= 4 is 40.4 Å². The first-order valence-electron chi connectivity index (χ1n) is 14.0. The maximum atomic E-state index is 13.6. The van der Waals surface area contributed by atoms with E-state index in [1.165, 1.54) is 0 Å². The fraction of sp³-hybridized carbons (Fsp3) is 0.367. The van der Waals surface area contributed by atoms with Gasteiger partial charge < -0.3 is 29.6 Å². The van der Waals surface area contributed by atoms with Gasteiger partial charge in [-0.15, -0.1) is 0 Å². The number of carbonyl (C=O) groups is 3. The number of aromatic nitrogens is 3. The number of amides is 3. The van der Waals surface area contributed by atoms with Gasteiger partial charge in [-0.3, -0.25) is 14.4 Å². The molecule has 4 aromatic rings. The second kappa shape index (κ2) is 11.8. The summed E-state index contributed by atoms with van der Waals surface area (Å²) in [7, 11) is 1.57. The molecular formula is C30H32N6O5S. The lowest BCUT2D eigenvalue weighted by atomic mass is 9.88. The van der Waals surface area contributed by atoms with Gasteiger partial charge >= 0.3 is 0 Å². The quantitative estimate of drug-likeness (QED) is 0.376. The molecule has 2 aromatic carbocycles. The number of benzene rings is 2. The predicted molar refractivity (Wildman–Crippen MR) is 157 cm³/mol. The van der Waals surface area contributed by atoms with Gasteiger partial charge in [0.1, 0.15) is 12.3 Å². The lowest BCUT2D eigenvalue weighted by Gasteiger charge is -2.24. The monoisotopic (exact) mass is 588 g/mol. The summed E-state index contributed by atoms with van der Waals surface area (Å²) in [5.41, 5.74) is 3.19. The highest BCUT2D eigenvalue weighted by Gasteiger charge is 2.41. The lowest BCUT2D eigenvalue weighted by Crippen LogP contribution is -2.39. The third-order valence-electron chi connectivity index (χ3n) is 7.99. The molecule has 3 amide bonds. The van der Waals surface area contributed by atoms with Crippen LogP contribution in [-0.2, 0) is 4.79 Å². The van der Waals surface area contributed by atoms with Gasteiger partial charge in [-0.05, 0) is 43.2 Å². The van der Waals surface area contributed by atoms with Crippen LogP contribution in [0.4, 0.5) is 0 Å². The number of likely N-dealkylation sites (tertiary alicyclic amines) is 1. The molecule has 2 aliphatic rings. The second-order valence-corrected chi connectivity index (χ2v) is 11.1. The average Bonchev–Trinajstić information content (AvgIpc) is 3.75. The van der Waals surface area contributed by atoms with E-state index in [2.05, 4.69) is 19.0 Å². The second-order valence-electron chi connectivity index (χ2n) is 10.6. The van der Waals surface area contributed by atoms with Crippen LogP contribution < -0.4 is 14.8 Å². The molecule has 12 heteroatoms. The summed E-state index contributed by atoms with van der Waals surface area (Å²) in [6.07, 6.45) is 0.553. The number of carbonyl (C=O) groups excluding carboxylic acids is 3. The summed E-state index contributed by atoms with van der Waals surface area (Å²) >= 11 is 1.01. The SMILES string of the molecule is COc1ccc2cc1OCCN(C(=O)c1nsnc1C)CCCNC(=O)[C@H]1CN(C(=O)c3cc4ccccc4[nH]3)C[C@H]21. The van der Waals surface area contributed by atoms with E-state index >= 15 is 0 Å². The van der Waals surface area contributed by atoms with Crippen molar-refractivity contribution in [1.82, 2.24) is 28.8 Å². The van der Waals surface area contributed by atoms with Gasteiger partial charge in [0.2, 0.25) is 5.91 Å². The molecule has 0 unspecified atom stereocenters. The topological polar surface area (TPSA) is 130 Å². The molecule has 6 rings (SSSR count). The number of methoxy groups -OCH3 is 1. The Kier molecular flexibility index (Phi) is 7.79. The van der Waals surface area contributed by atoms with Crippen LogP contribution in [0.25, 0.3) is 10.9 Å². The van der Waals surface area contributed by atoms with Crippen LogP contribution in [0.15, 0.2) is 48.5 Å². The Hall–Kier alpha value is -4.45. The van der Waals surface area contributed by atoms with Crippen molar-refractivity contribution in [2.75, 3.05) is 46.4 Å². The van der Waals surface area contributed by atoms with Crippen LogP contribution in [0, 0.1) is 12.8 Å². The zero-order valence-electron chi connectivity index (χ0n) is 23.5. The molecule has 218 valence electrons. The largest absolute Gasteiger partial charge is 0.493 e. The number of rotatable bonds is 3.